The third-order valence-electron chi connectivity index (χ3n) is 4.77. The van der Waals surface area contributed by atoms with Gasteiger partial charge in [0.25, 0.3) is 5.91 Å². The number of aromatic nitrogens is 2. The van der Waals surface area contributed by atoms with Gasteiger partial charge in [0.2, 0.25) is 5.95 Å². The summed E-state index contributed by atoms with van der Waals surface area (Å²) in [6.07, 6.45) is 1.48. The van der Waals surface area contributed by atoms with Crippen LogP contribution in [0, 0.1) is 6.92 Å². The molecule has 144 valence electrons. The summed E-state index contributed by atoms with van der Waals surface area (Å²) in [6, 6.07) is 9.12. The third-order valence-corrected chi connectivity index (χ3v) is 6.52. The molecule has 1 aromatic heterocycles. The summed E-state index contributed by atoms with van der Waals surface area (Å²) in [5.41, 5.74) is 2.80. The molecule has 2 heterocycles. The van der Waals surface area contributed by atoms with Gasteiger partial charge >= 0.3 is 0 Å². The van der Waals surface area contributed by atoms with Crippen LogP contribution in [-0.2, 0) is 16.3 Å². The van der Waals surface area contributed by atoms with Gasteiger partial charge in [-0.15, -0.1) is 0 Å². The molecule has 27 heavy (non-hydrogen) atoms. The van der Waals surface area contributed by atoms with Crippen molar-refractivity contribution in [2.24, 2.45) is 0 Å². The first-order valence-corrected chi connectivity index (χ1v) is 10.8. The second kappa shape index (κ2) is 7.64. The van der Waals surface area contributed by atoms with Crippen LogP contribution >= 0.6 is 0 Å². The summed E-state index contributed by atoms with van der Waals surface area (Å²) in [6.45, 7) is 3.86. The normalized spacial score (nSPS) is 18.3. The van der Waals surface area contributed by atoms with E-state index in [2.05, 4.69) is 22.2 Å². The van der Waals surface area contributed by atoms with E-state index in [1.807, 2.05) is 24.3 Å². The van der Waals surface area contributed by atoms with Gasteiger partial charge in [-0.05, 0) is 43.5 Å². The highest BCUT2D eigenvalue weighted by atomic mass is 32.2. The molecule has 0 radical (unpaired) electrons. The molecule has 1 aliphatic rings. The van der Waals surface area contributed by atoms with Crippen LogP contribution in [0.25, 0.3) is 0 Å². The minimum absolute atomic E-state index is 0.0894. The van der Waals surface area contributed by atoms with Gasteiger partial charge in [0.15, 0.2) is 9.84 Å². The second-order valence-corrected chi connectivity index (χ2v) is 9.10. The summed E-state index contributed by atoms with van der Waals surface area (Å²) < 4.78 is 23.5. The zero-order chi connectivity index (χ0) is 19.6. The fourth-order valence-corrected chi connectivity index (χ4v) is 4.86. The topological polar surface area (TPSA) is 92.3 Å². The zero-order valence-corrected chi connectivity index (χ0v) is 16.6. The number of sulfone groups is 1. The number of hydrogen-bond donors (Lipinski definition) is 1. The monoisotopic (exact) mass is 388 g/mol. The van der Waals surface area contributed by atoms with Crippen molar-refractivity contribution in [3.8, 4) is 0 Å². The van der Waals surface area contributed by atoms with Gasteiger partial charge in [-0.3, -0.25) is 4.79 Å². The first-order chi connectivity index (χ1) is 12.8. The highest BCUT2D eigenvalue weighted by molar-refractivity contribution is 7.91. The van der Waals surface area contributed by atoms with E-state index in [-0.39, 0.29) is 29.1 Å². The molecule has 1 aromatic carbocycles. The lowest BCUT2D eigenvalue weighted by Crippen LogP contribution is -2.34. The summed E-state index contributed by atoms with van der Waals surface area (Å²) in [4.78, 5) is 23.1. The van der Waals surface area contributed by atoms with Gasteiger partial charge in [-0.1, -0.05) is 19.1 Å². The molecule has 1 N–H and O–H groups in total. The van der Waals surface area contributed by atoms with Gasteiger partial charge in [0.1, 0.15) is 5.69 Å². The number of aryl methyl sites for hydroxylation is 2. The summed E-state index contributed by atoms with van der Waals surface area (Å²) in [5.74, 6) is 0.308. The minimum Gasteiger partial charge on any atom is -0.340 e. The van der Waals surface area contributed by atoms with E-state index < -0.39 is 9.84 Å². The van der Waals surface area contributed by atoms with E-state index in [9.17, 15) is 13.2 Å². The van der Waals surface area contributed by atoms with Crippen molar-refractivity contribution >= 4 is 27.4 Å². The van der Waals surface area contributed by atoms with Crippen molar-refractivity contribution in [1.29, 1.82) is 0 Å². The van der Waals surface area contributed by atoms with Crippen LogP contribution in [0.3, 0.4) is 0 Å². The molecule has 1 unspecified atom stereocenters. The van der Waals surface area contributed by atoms with Crippen molar-refractivity contribution in [3.05, 3.63) is 47.3 Å². The Kier molecular flexibility index (Phi) is 5.46. The Labute approximate surface area is 159 Å². The Bertz CT molecular complexity index is 942. The second-order valence-electron chi connectivity index (χ2n) is 6.87. The molecular formula is C19H24N4O3S. The minimum atomic E-state index is -3.01. The Morgan fingerprint density at radius 1 is 1.26 bits per heavy atom. The number of nitrogens with one attached hydrogen (secondary N) is 1. The quantitative estimate of drug-likeness (QED) is 0.844. The van der Waals surface area contributed by atoms with Gasteiger partial charge < -0.3 is 10.2 Å². The molecule has 2 aromatic rings. The molecule has 3 rings (SSSR count). The fourth-order valence-electron chi connectivity index (χ4n) is 3.09. The number of nitrogens with zero attached hydrogens (tertiary/aromatic N) is 3. The first kappa shape index (κ1) is 19.3. The smallest absolute Gasteiger partial charge is 0.274 e. The predicted molar refractivity (Wildman–Crippen MR) is 106 cm³/mol. The lowest BCUT2D eigenvalue weighted by molar-refractivity contribution is 0.102. The molecule has 7 nitrogen and oxygen atoms in total. The predicted octanol–water partition coefficient (Wildman–Crippen LogP) is 2.22. The van der Waals surface area contributed by atoms with Crippen molar-refractivity contribution in [2.75, 3.05) is 28.8 Å². The number of amides is 1. The van der Waals surface area contributed by atoms with E-state index in [1.165, 1.54) is 5.56 Å². The average molecular weight is 388 g/mol. The number of anilines is 2. The van der Waals surface area contributed by atoms with Gasteiger partial charge in [-0.25, -0.2) is 18.4 Å². The van der Waals surface area contributed by atoms with E-state index in [4.69, 9.17) is 0 Å². The van der Waals surface area contributed by atoms with Gasteiger partial charge in [0.05, 0.1) is 11.5 Å². The van der Waals surface area contributed by atoms with Crippen LogP contribution in [0.1, 0.15) is 35.1 Å². The highest BCUT2D eigenvalue weighted by Gasteiger charge is 2.32. The Morgan fingerprint density at radius 2 is 1.96 bits per heavy atom. The highest BCUT2D eigenvalue weighted by Crippen LogP contribution is 2.21. The van der Waals surface area contributed by atoms with E-state index >= 15 is 0 Å². The summed E-state index contributed by atoms with van der Waals surface area (Å²) in [7, 11) is -1.24. The van der Waals surface area contributed by atoms with E-state index in [0.29, 0.717) is 23.8 Å². The molecule has 1 fully saturated rings. The zero-order valence-electron chi connectivity index (χ0n) is 15.8. The summed E-state index contributed by atoms with van der Waals surface area (Å²) >= 11 is 0. The Hall–Kier alpha value is -2.48. The molecule has 0 aliphatic carbocycles. The van der Waals surface area contributed by atoms with Gasteiger partial charge in [0, 0.05) is 24.5 Å². The van der Waals surface area contributed by atoms with Crippen molar-refractivity contribution in [2.45, 2.75) is 32.7 Å². The molecule has 0 bridgehead atoms. The number of carbonyl (C=O) groups is 1. The Balaban J connectivity index is 1.78. The molecule has 8 heteroatoms. The maximum Gasteiger partial charge on any atom is 0.274 e. The lowest BCUT2D eigenvalue weighted by atomic mass is 10.1. The SMILES string of the molecule is CCc1ccc(NC(=O)c2cc(C)nc(N(C)C3CCS(=O)(=O)C3)n2)cc1. The number of carbonyl (C=O) groups excluding carboxylic acids is 1. The van der Waals surface area contributed by atoms with E-state index in [1.54, 1.807) is 24.9 Å². The van der Waals surface area contributed by atoms with Crippen LogP contribution in [0.2, 0.25) is 0 Å². The molecule has 1 aliphatic heterocycles. The number of rotatable bonds is 5. The van der Waals surface area contributed by atoms with Crippen molar-refractivity contribution in [1.82, 2.24) is 9.97 Å². The van der Waals surface area contributed by atoms with Crippen molar-refractivity contribution in [3.63, 3.8) is 0 Å². The van der Waals surface area contributed by atoms with Crippen LogP contribution in [-0.4, -0.2) is 48.9 Å². The van der Waals surface area contributed by atoms with Crippen LogP contribution < -0.4 is 10.2 Å². The maximum atomic E-state index is 12.6. The molecule has 0 spiro atoms. The third kappa shape index (κ3) is 4.63. The van der Waals surface area contributed by atoms with Crippen LogP contribution in [0.5, 0.6) is 0 Å². The fraction of sp³-hybridized carbons (Fsp3) is 0.421. The molecule has 1 amide bonds. The van der Waals surface area contributed by atoms with E-state index in [0.717, 1.165) is 6.42 Å². The molecular weight excluding hydrogens is 364 g/mol. The van der Waals surface area contributed by atoms with Crippen LogP contribution in [0.15, 0.2) is 30.3 Å². The average Bonchev–Trinajstić information content (AvgIpc) is 3.01. The number of benzene rings is 1. The molecule has 1 atom stereocenters. The number of hydrogen-bond acceptors (Lipinski definition) is 6. The standard InChI is InChI=1S/C19H24N4O3S/c1-4-14-5-7-15(8-6-14)21-18(24)17-11-13(2)20-19(22-17)23(3)16-9-10-27(25,26)12-16/h5-8,11,16H,4,9-10,12H2,1-3H3,(H,21,24). The summed E-state index contributed by atoms with van der Waals surface area (Å²) in [5, 5.41) is 2.84. The van der Waals surface area contributed by atoms with Gasteiger partial charge in [-0.2, -0.15) is 0 Å². The largest absolute Gasteiger partial charge is 0.340 e. The lowest BCUT2D eigenvalue weighted by Gasteiger charge is -2.23. The first-order valence-electron chi connectivity index (χ1n) is 8.96. The van der Waals surface area contributed by atoms with Crippen LogP contribution in [0.4, 0.5) is 11.6 Å². The Morgan fingerprint density at radius 3 is 2.56 bits per heavy atom. The molecule has 1 saturated heterocycles. The molecule has 0 saturated carbocycles. The van der Waals surface area contributed by atoms with Crippen molar-refractivity contribution < 1.29 is 13.2 Å². The maximum absolute atomic E-state index is 12.6.